The fourth-order valence-corrected chi connectivity index (χ4v) is 2.23. The van der Waals surface area contributed by atoms with Crippen molar-refractivity contribution in [3.05, 3.63) is 27.7 Å². The first-order valence-corrected chi connectivity index (χ1v) is 7.07. The van der Waals surface area contributed by atoms with E-state index in [0.29, 0.717) is 23.2 Å². The molecule has 18 heavy (non-hydrogen) atoms. The van der Waals surface area contributed by atoms with Crippen LogP contribution in [-0.2, 0) is 4.79 Å². The Morgan fingerprint density at radius 1 is 1.50 bits per heavy atom. The second kappa shape index (κ2) is 7.12. The van der Waals surface area contributed by atoms with Crippen molar-refractivity contribution in [2.24, 2.45) is 17.6 Å². The summed E-state index contributed by atoms with van der Waals surface area (Å²) in [6.07, 6.45) is 0.778. The van der Waals surface area contributed by atoms with Gasteiger partial charge in [0.05, 0.1) is 11.6 Å². The lowest BCUT2D eigenvalue weighted by molar-refractivity contribution is -0.120. The van der Waals surface area contributed by atoms with Gasteiger partial charge in [0.25, 0.3) is 0 Å². The van der Waals surface area contributed by atoms with Crippen LogP contribution in [0, 0.1) is 11.8 Å². The van der Waals surface area contributed by atoms with Crippen molar-refractivity contribution < 1.29 is 4.79 Å². The van der Waals surface area contributed by atoms with Gasteiger partial charge in [0, 0.05) is 16.0 Å². The Morgan fingerprint density at radius 2 is 2.17 bits per heavy atom. The maximum atomic E-state index is 12.1. The van der Waals surface area contributed by atoms with Gasteiger partial charge in [-0.15, -0.1) is 0 Å². The van der Waals surface area contributed by atoms with Crippen LogP contribution in [0.5, 0.6) is 0 Å². The molecule has 1 amide bonds. The number of benzene rings is 1. The summed E-state index contributed by atoms with van der Waals surface area (Å²) in [6.45, 7) is 4.50. The van der Waals surface area contributed by atoms with Crippen LogP contribution in [-0.4, -0.2) is 12.5 Å². The lowest BCUT2D eigenvalue weighted by atomic mass is 9.96. The average molecular weight is 334 g/mol. The standard InChI is InChI=1S/C13H18BrClN2O/c1-8(2)5-9(7-16)13(18)17-12-6-10(15)3-4-11(12)14/h3-4,6,8-9H,5,7,16H2,1-2H3,(H,17,18). The van der Waals surface area contributed by atoms with E-state index >= 15 is 0 Å². The number of rotatable bonds is 5. The molecule has 0 saturated carbocycles. The zero-order chi connectivity index (χ0) is 13.7. The molecule has 1 aromatic carbocycles. The first kappa shape index (κ1) is 15.5. The highest BCUT2D eigenvalue weighted by atomic mass is 79.9. The molecule has 3 N–H and O–H groups in total. The van der Waals surface area contributed by atoms with Gasteiger partial charge in [-0.2, -0.15) is 0 Å². The van der Waals surface area contributed by atoms with E-state index in [2.05, 4.69) is 35.1 Å². The van der Waals surface area contributed by atoms with Gasteiger partial charge in [-0.3, -0.25) is 4.79 Å². The van der Waals surface area contributed by atoms with Gasteiger partial charge in [0.2, 0.25) is 5.91 Å². The summed E-state index contributed by atoms with van der Waals surface area (Å²) in [7, 11) is 0. The first-order valence-electron chi connectivity index (χ1n) is 5.90. The molecule has 0 aliphatic heterocycles. The quantitative estimate of drug-likeness (QED) is 0.864. The van der Waals surface area contributed by atoms with Crippen LogP contribution < -0.4 is 11.1 Å². The molecule has 0 aliphatic rings. The Hall–Kier alpha value is -0.580. The number of nitrogens with one attached hydrogen (secondary N) is 1. The molecule has 1 atom stereocenters. The Kier molecular flexibility index (Phi) is 6.12. The fraction of sp³-hybridized carbons (Fsp3) is 0.462. The van der Waals surface area contributed by atoms with Crippen LogP contribution in [0.3, 0.4) is 0 Å². The molecule has 0 saturated heterocycles. The Labute approximate surface area is 121 Å². The molecule has 5 heteroatoms. The largest absolute Gasteiger partial charge is 0.330 e. The molecule has 0 fully saturated rings. The maximum Gasteiger partial charge on any atom is 0.228 e. The summed E-state index contributed by atoms with van der Waals surface area (Å²) in [6, 6.07) is 5.28. The van der Waals surface area contributed by atoms with Crippen LogP contribution in [0.2, 0.25) is 5.02 Å². The third-order valence-corrected chi connectivity index (χ3v) is 3.52. The minimum atomic E-state index is -0.170. The minimum absolute atomic E-state index is 0.0610. The highest BCUT2D eigenvalue weighted by molar-refractivity contribution is 9.10. The summed E-state index contributed by atoms with van der Waals surface area (Å²) >= 11 is 9.28. The second-order valence-corrected chi connectivity index (χ2v) is 5.97. The maximum absolute atomic E-state index is 12.1. The molecule has 100 valence electrons. The monoisotopic (exact) mass is 332 g/mol. The van der Waals surface area contributed by atoms with Gasteiger partial charge >= 0.3 is 0 Å². The topological polar surface area (TPSA) is 55.1 Å². The Morgan fingerprint density at radius 3 is 2.72 bits per heavy atom. The zero-order valence-corrected chi connectivity index (χ0v) is 12.9. The number of halogens is 2. The van der Waals surface area contributed by atoms with E-state index in [0.717, 1.165) is 10.9 Å². The number of hydrogen-bond donors (Lipinski definition) is 2. The number of hydrogen-bond acceptors (Lipinski definition) is 2. The third kappa shape index (κ3) is 4.59. The van der Waals surface area contributed by atoms with Gasteiger partial charge in [0.1, 0.15) is 0 Å². The van der Waals surface area contributed by atoms with Gasteiger partial charge < -0.3 is 11.1 Å². The number of carbonyl (C=O) groups excluding carboxylic acids is 1. The molecule has 0 radical (unpaired) electrons. The van der Waals surface area contributed by atoms with E-state index in [1.54, 1.807) is 18.2 Å². The smallest absolute Gasteiger partial charge is 0.228 e. The highest BCUT2D eigenvalue weighted by Crippen LogP contribution is 2.26. The first-order chi connectivity index (χ1) is 8.43. The normalized spacial score (nSPS) is 12.6. The molecule has 3 nitrogen and oxygen atoms in total. The predicted octanol–water partition coefficient (Wildman–Crippen LogP) is 3.66. The fourth-order valence-electron chi connectivity index (χ4n) is 1.71. The third-order valence-electron chi connectivity index (χ3n) is 2.60. The van der Waals surface area contributed by atoms with E-state index in [4.69, 9.17) is 17.3 Å². The molecular weight excluding hydrogens is 316 g/mol. The molecule has 0 aliphatic carbocycles. The van der Waals surface area contributed by atoms with E-state index < -0.39 is 0 Å². The molecule has 1 aromatic rings. The predicted molar refractivity (Wildman–Crippen MR) is 79.8 cm³/mol. The van der Waals surface area contributed by atoms with E-state index in [1.165, 1.54) is 0 Å². The number of amides is 1. The average Bonchev–Trinajstić information content (AvgIpc) is 2.30. The molecule has 1 unspecified atom stereocenters. The molecule has 0 bridgehead atoms. The van der Waals surface area contributed by atoms with Crippen molar-refractivity contribution in [3.63, 3.8) is 0 Å². The van der Waals surface area contributed by atoms with Crippen LogP contribution in [0.1, 0.15) is 20.3 Å². The van der Waals surface area contributed by atoms with Crippen molar-refractivity contribution in [2.45, 2.75) is 20.3 Å². The van der Waals surface area contributed by atoms with Crippen molar-refractivity contribution >= 4 is 39.1 Å². The van der Waals surface area contributed by atoms with Crippen LogP contribution in [0.25, 0.3) is 0 Å². The van der Waals surface area contributed by atoms with Crippen molar-refractivity contribution in [1.29, 1.82) is 0 Å². The SMILES string of the molecule is CC(C)CC(CN)C(=O)Nc1cc(Cl)ccc1Br. The van der Waals surface area contributed by atoms with Crippen LogP contribution in [0.15, 0.2) is 22.7 Å². The van der Waals surface area contributed by atoms with Crippen molar-refractivity contribution in [2.75, 3.05) is 11.9 Å². The summed E-state index contributed by atoms with van der Waals surface area (Å²) in [5.41, 5.74) is 6.32. The summed E-state index contributed by atoms with van der Waals surface area (Å²) in [4.78, 5) is 12.1. The van der Waals surface area contributed by atoms with Gasteiger partial charge in [0.15, 0.2) is 0 Å². The summed E-state index contributed by atoms with van der Waals surface area (Å²) in [5, 5.41) is 3.44. The summed E-state index contributed by atoms with van der Waals surface area (Å²) < 4.78 is 0.806. The van der Waals surface area contributed by atoms with Crippen molar-refractivity contribution in [1.82, 2.24) is 0 Å². The Bertz CT molecular complexity index is 423. The van der Waals surface area contributed by atoms with E-state index in [1.807, 2.05) is 0 Å². The molecule has 1 rings (SSSR count). The van der Waals surface area contributed by atoms with Crippen molar-refractivity contribution in [3.8, 4) is 0 Å². The van der Waals surface area contributed by atoms with Crippen LogP contribution in [0.4, 0.5) is 5.69 Å². The van der Waals surface area contributed by atoms with Gasteiger partial charge in [-0.1, -0.05) is 25.4 Å². The van der Waals surface area contributed by atoms with E-state index in [9.17, 15) is 4.79 Å². The Balaban J connectivity index is 2.76. The highest BCUT2D eigenvalue weighted by Gasteiger charge is 2.19. The lowest BCUT2D eigenvalue weighted by Crippen LogP contribution is -2.30. The van der Waals surface area contributed by atoms with Gasteiger partial charge in [-0.05, 0) is 46.5 Å². The van der Waals surface area contributed by atoms with Crippen LogP contribution >= 0.6 is 27.5 Å². The minimum Gasteiger partial charge on any atom is -0.330 e. The number of carbonyl (C=O) groups is 1. The zero-order valence-electron chi connectivity index (χ0n) is 10.5. The number of nitrogens with two attached hydrogens (primary N) is 1. The van der Waals surface area contributed by atoms with Gasteiger partial charge in [-0.25, -0.2) is 0 Å². The van der Waals surface area contributed by atoms with E-state index in [-0.39, 0.29) is 11.8 Å². The molecule has 0 spiro atoms. The second-order valence-electron chi connectivity index (χ2n) is 4.68. The molecule has 0 heterocycles. The number of anilines is 1. The molecule has 0 aromatic heterocycles. The summed E-state index contributed by atoms with van der Waals surface area (Å²) in [5.74, 6) is 0.206. The molecular formula is C13H18BrClN2O. The lowest BCUT2D eigenvalue weighted by Gasteiger charge is -2.17.